The molecule has 1 saturated heterocycles. The molecule has 1 amide bonds. The number of rotatable bonds is 2. The zero-order chi connectivity index (χ0) is 14.5. The quantitative estimate of drug-likeness (QED) is 0.782. The average molecular weight is 314 g/mol. The zero-order valence-electron chi connectivity index (χ0n) is 10.7. The van der Waals surface area contributed by atoms with Gasteiger partial charge in [0.15, 0.2) is 0 Å². The van der Waals surface area contributed by atoms with Crippen LogP contribution in [0, 0.1) is 0 Å². The monoisotopic (exact) mass is 313 g/mol. The van der Waals surface area contributed by atoms with Crippen LogP contribution >= 0.6 is 10.7 Å². The van der Waals surface area contributed by atoms with E-state index in [0.717, 1.165) is 10.9 Å². The molecule has 1 atom stereocenters. The number of hydrogen-bond acceptors (Lipinski definition) is 4. The molecule has 1 aliphatic heterocycles. The summed E-state index contributed by atoms with van der Waals surface area (Å²) in [7, 11) is 3.43. The number of carbonyl (C=O) groups excluding carboxylic acids is 1. The molecule has 1 fully saturated rings. The molecular formula is C12H12ClN3O3S. The summed E-state index contributed by atoms with van der Waals surface area (Å²) in [4.78, 5) is 13.4. The fraction of sp³-hybridized carbons (Fsp3) is 0.333. The minimum atomic E-state index is -3.72. The normalized spacial score (nSPS) is 20.0. The summed E-state index contributed by atoms with van der Waals surface area (Å²) < 4.78 is 24.4. The van der Waals surface area contributed by atoms with Crippen molar-refractivity contribution in [3.8, 4) is 0 Å². The number of halogens is 1. The number of nitrogens with zero attached hydrogens (tertiary/aromatic N) is 3. The molecule has 0 radical (unpaired) electrons. The van der Waals surface area contributed by atoms with Crippen molar-refractivity contribution in [3.63, 3.8) is 0 Å². The third kappa shape index (κ3) is 2.16. The van der Waals surface area contributed by atoms with Gasteiger partial charge in [-0.05, 0) is 18.2 Å². The number of fused-ring (bicyclic) bond motifs is 1. The molecule has 1 aliphatic rings. The summed E-state index contributed by atoms with van der Waals surface area (Å²) in [6.45, 7) is 0.0913. The predicted octanol–water partition coefficient (Wildman–Crippen LogP) is 1.25. The molecule has 1 unspecified atom stereocenters. The van der Waals surface area contributed by atoms with Crippen molar-refractivity contribution in [2.24, 2.45) is 7.05 Å². The molecule has 0 bridgehead atoms. The first-order valence-electron chi connectivity index (χ1n) is 6.02. The van der Waals surface area contributed by atoms with Crippen molar-refractivity contribution >= 4 is 42.2 Å². The predicted molar refractivity (Wildman–Crippen MR) is 76.2 cm³/mol. The standard InChI is InChI=1S/C12H12ClN3O3S/c1-15-11-4-9(3-2-8(11)6-14-15)16-7-10(5-12(16)17)20(13,18)19/h2-4,6,10H,5,7H2,1H3. The van der Waals surface area contributed by atoms with Crippen LogP contribution in [0.4, 0.5) is 5.69 Å². The Hall–Kier alpha value is -1.60. The highest BCUT2D eigenvalue weighted by atomic mass is 35.7. The maximum absolute atomic E-state index is 12.0. The first-order chi connectivity index (χ1) is 9.36. The molecule has 2 heterocycles. The highest BCUT2D eigenvalue weighted by Gasteiger charge is 2.38. The summed E-state index contributed by atoms with van der Waals surface area (Å²) in [5, 5.41) is 4.25. The van der Waals surface area contributed by atoms with Gasteiger partial charge in [-0.25, -0.2) is 8.42 Å². The van der Waals surface area contributed by atoms with E-state index in [2.05, 4.69) is 5.10 Å². The van der Waals surface area contributed by atoms with Gasteiger partial charge in [0.1, 0.15) is 5.25 Å². The van der Waals surface area contributed by atoms with E-state index in [1.54, 1.807) is 16.9 Å². The van der Waals surface area contributed by atoms with Crippen LogP contribution in [-0.2, 0) is 20.9 Å². The molecular weight excluding hydrogens is 302 g/mol. The van der Waals surface area contributed by atoms with Gasteiger partial charge in [0.2, 0.25) is 15.0 Å². The molecule has 6 nitrogen and oxygen atoms in total. The molecule has 8 heteroatoms. The Labute approximate surface area is 120 Å². The van der Waals surface area contributed by atoms with Gasteiger partial charge in [-0.3, -0.25) is 9.48 Å². The summed E-state index contributed by atoms with van der Waals surface area (Å²) >= 11 is 0. The van der Waals surface area contributed by atoms with E-state index in [1.807, 2.05) is 19.2 Å². The van der Waals surface area contributed by atoms with Gasteiger partial charge >= 0.3 is 0 Å². The van der Waals surface area contributed by atoms with Crippen LogP contribution in [-0.4, -0.2) is 35.9 Å². The molecule has 1 aromatic heterocycles. The van der Waals surface area contributed by atoms with Gasteiger partial charge in [0, 0.05) is 41.8 Å². The van der Waals surface area contributed by atoms with E-state index < -0.39 is 14.3 Å². The summed E-state index contributed by atoms with van der Waals surface area (Å²) in [5.74, 6) is -0.235. The lowest BCUT2D eigenvalue weighted by Crippen LogP contribution is -2.26. The van der Waals surface area contributed by atoms with Crippen molar-refractivity contribution < 1.29 is 13.2 Å². The van der Waals surface area contributed by atoms with Crippen molar-refractivity contribution in [1.82, 2.24) is 9.78 Å². The topological polar surface area (TPSA) is 72.3 Å². The van der Waals surface area contributed by atoms with Gasteiger partial charge in [0.25, 0.3) is 0 Å². The lowest BCUT2D eigenvalue weighted by atomic mass is 10.2. The maximum atomic E-state index is 12.0. The largest absolute Gasteiger partial charge is 0.311 e. The van der Waals surface area contributed by atoms with Crippen LogP contribution in [0.2, 0.25) is 0 Å². The fourth-order valence-electron chi connectivity index (χ4n) is 2.41. The van der Waals surface area contributed by atoms with E-state index in [1.165, 1.54) is 4.90 Å². The van der Waals surface area contributed by atoms with Crippen molar-refractivity contribution in [2.45, 2.75) is 11.7 Å². The Kier molecular flexibility index (Phi) is 2.98. The summed E-state index contributed by atoms with van der Waals surface area (Å²) in [6.07, 6.45) is 1.66. The molecule has 106 valence electrons. The molecule has 0 N–H and O–H groups in total. The van der Waals surface area contributed by atoms with E-state index >= 15 is 0 Å². The second kappa shape index (κ2) is 4.46. The maximum Gasteiger partial charge on any atom is 0.237 e. The van der Waals surface area contributed by atoms with E-state index in [4.69, 9.17) is 10.7 Å². The first-order valence-corrected chi connectivity index (χ1v) is 8.39. The van der Waals surface area contributed by atoms with E-state index in [-0.39, 0.29) is 18.9 Å². The minimum Gasteiger partial charge on any atom is -0.311 e. The van der Waals surface area contributed by atoms with Gasteiger partial charge < -0.3 is 4.90 Å². The Bertz CT molecular complexity index is 799. The van der Waals surface area contributed by atoms with Crippen molar-refractivity contribution in [2.75, 3.05) is 11.4 Å². The average Bonchev–Trinajstić information content (AvgIpc) is 2.93. The zero-order valence-corrected chi connectivity index (χ0v) is 12.2. The Morgan fingerprint density at radius 2 is 2.15 bits per heavy atom. The van der Waals surface area contributed by atoms with Gasteiger partial charge in [-0.1, -0.05) is 0 Å². The first kappa shape index (κ1) is 13.4. The highest BCUT2D eigenvalue weighted by molar-refractivity contribution is 8.14. The third-order valence-corrected chi connectivity index (χ3v) is 5.40. The minimum absolute atomic E-state index is 0.0741. The van der Waals surface area contributed by atoms with Crippen LogP contribution in [0.5, 0.6) is 0 Å². The van der Waals surface area contributed by atoms with Gasteiger partial charge in [-0.15, -0.1) is 0 Å². The number of aromatic nitrogens is 2. The molecule has 1 aromatic carbocycles. The Balaban J connectivity index is 1.99. The molecule has 0 saturated carbocycles. The Morgan fingerprint density at radius 1 is 1.40 bits per heavy atom. The number of hydrogen-bond donors (Lipinski definition) is 0. The third-order valence-electron chi connectivity index (χ3n) is 3.53. The number of amides is 1. The smallest absolute Gasteiger partial charge is 0.237 e. The van der Waals surface area contributed by atoms with Crippen LogP contribution in [0.3, 0.4) is 0 Å². The number of benzene rings is 1. The number of anilines is 1. The SMILES string of the molecule is Cn1ncc2ccc(N3CC(S(=O)(=O)Cl)CC3=O)cc21. The van der Waals surface area contributed by atoms with Gasteiger partial charge in [0.05, 0.1) is 11.7 Å². The van der Waals surface area contributed by atoms with Gasteiger partial charge in [-0.2, -0.15) is 5.10 Å². The number of carbonyl (C=O) groups is 1. The lowest BCUT2D eigenvalue weighted by molar-refractivity contribution is -0.117. The highest BCUT2D eigenvalue weighted by Crippen LogP contribution is 2.28. The van der Waals surface area contributed by atoms with Crippen molar-refractivity contribution in [1.29, 1.82) is 0 Å². The van der Waals surface area contributed by atoms with E-state index in [0.29, 0.717) is 5.69 Å². The van der Waals surface area contributed by atoms with Crippen molar-refractivity contribution in [3.05, 3.63) is 24.4 Å². The van der Waals surface area contributed by atoms with Crippen LogP contribution in [0.1, 0.15) is 6.42 Å². The van der Waals surface area contributed by atoms with Crippen LogP contribution in [0.25, 0.3) is 10.9 Å². The lowest BCUT2D eigenvalue weighted by Gasteiger charge is -2.16. The molecule has 2 aromatic rings. The number of aryl methyl sites for hydroxylation is 1. The van der Waals surface area contributed by atoms with Crippen LogP contribution in [0.15, 0.2) is 24.4 Å². The summed E-state index contributed by atoms with van der Waals surface area (Å²) in [6, 6.07) is 5.46. The second-order valence-corrected chi connectivity index (χ2v) is 7.73. The molecule has 0 spiro atoms. The van der Waals surface area contributed by atoms with E-state index in [9.17, 15) is 13.2 Å². The fourth-order valence-corrected chi connectivity index (χ4v) is 3.44. The van der Waals surface area contributed by atoms with Crippen LogP contribution < -0.4 is 4.90 Å². The summed E-state index contributed by atoms with van der Waals surface area (Å²) in [5.41, 5.74) is 1.54. The molecule has 3 rings (SSSR count). The molecule has 20 heavy (non-hydrogen) atoms. The Morgan fingerprint density at radius 3 is 2.80 bits per heavy atom. The molecule has 0 aliphatic carbocycles. The second-order valence-electron chi connectivity index (χ2n) is 4.82.